The van der Waals surface area contributed by atoms with Gasteiger partial charge in [-0.1, -0.05) is 18.2 Å². The number of carbonyl (C=O) groups is 4. The van der Waals surface area contributed by atoms with Crippen LogP contribution < -0.4 is 16.4 Å². The number of anilines is 3. The van der Waals surface area contributed by atoms with Gasteiger partial charge in [0.05, 0.1) is 25.6 Å². The Morgan fingerprint density at radius 3 is 2.34 bits per heavy atom. The maximum absolute atomic E-state index is 13.4. The third kappa shape index (κ3) is 7.69. The molecule has 0 saturated heterocycles. The second-order valence-electron chi connectivity index (χ2n) is 10.4. The number of aliphatic carboxylic acids is 2. The highest BCUT2D eigenvalue weighted by atomic mass is 32.1. The summed E-state index contributed by atoms with van der Waals surface area (Å²) in [5.74, 6) is -4.63. The van der Waals surface area contributed by atoms with Crippen molar-refractivity contribution in [2.75, 3.05) is 23.0 Å². The number of rotatable bonds is 12. The van der Waals surface area contributed by atoms with Crippen LogP contribution >= 0.6 is 11.3 Å². The highest BCUT2D eigenvalue weighted by molar-refractivity contribution is 7.18. The van der Waals surface area contributed by atoms with Crippen molar-refractivity contribution >= 4 is 62.6 Å². The molecule has 3 aromatic heterocycles. The number of nitrogens with two attached hydrogens (primary N) is 1. The summed E-state index contributed by atoms with van der Waals surface area (Å²) in [7, 11) is 0. The van der Waals surface area contributed by atoms with Gasteiger partial charge in [-0.3, -0.25) is 14.3 Å². The minimum absolute atomic E-state index is 0.0316. The van der Waals surface area contributed by atoms with Gasteiger partial charge in [0.15, 0.2) is 5.60 Å². The fourth-order valence-corrected chi connectivity index (χ4v) is 5.90. The normalized spacial score (nSPS) is 11.3. The van der Waals surface area contributed by atoms with Crippen molar-refractivity contribution < 1.29 is 43.6 Å². The third-order valence-electron chi connectivity index (χ3n) is 6.93. The fourth-order valence-electron chi connectivity index (χ4n) is 4.78. The number of nitrogen functional groups attached to an aromatic ring is 1. The Balaban J connectivity index is 1.27. The van der Waals surface area contributed by atoms with E-state index in [-0.39, 0.29) is 13.2 Å². The number of carboxylic acid groups (broad SMARTS) is 2. The first-order valence-electron chi connectivity index (χ1n) is 13.9. The van der Waals surface area contributed by atoms with Gasteiger partial charge in [-0.2, -0.15) is 5.10 Å². The summed E-state index contributed by atoms with van der Waals surface area (Å²) in [4.78, 5) is 51.1. The lowest BCUT2D eigenvalue weighted by molar-refractivity contribution is -0.175. The van der Waals surface area contributed by atoms with Crippen LogP contribution in [-0.2, 0) is 25.7 Å². The summed E-state index contributed by atoms with van der Waals surface area (Å²) in [5, 5.41) is 40.4. The molecule has 0 aliphatic heterocycles. The van der Waals surface area contributed by atoms with E-state index in [0.29, 0.717) is 22.8 Å². The molecule has 0 fully saturated rings. The average Bonchev–Trinajstić information content (AvgIpc) is 3.65. The van der Waals surface area contributed by atoms with Crippen LogP contribution in [0.15, 0.2) is 72.5 Å². The van der Waals surface area contributed by atoms with Crippen molar-refractivity contribution in [3.63, 3.8) is 0 Å². The molecular weight excluding hydrogens is 635 g/mol. The molecule has 0 radical (unpaired) electrons. The third-order valence-corrected chi connectivity index (χ3v) is 7.94. The molecule has 0 bridgehead atoms. The molecule has 7 N–H and O–H groups in total. The zero-order valence-electron chi connectivity index (χ0n) is 24.3. The van der Waals surface area contributed by atoms with E-state index in [1.54, 1.807) is 36.8 Å². The van der Waals surface area contributed by atoms with Crippen LogP contribution in [0.4, 0.5) is 26.4 Å². The van der Waals surface area contributed by atoms with E-state index in [2.05, 4.69) is 20.7 Å². The number of benzene rings is 2. The number of urea groups is 1. The van der Waals surface area contributed by atoms with Crippen molar-refractivity contribution in [2.45, 2.75) is 25.0 Å². The maximum atomic E-state index is 13.4. The van der Waals surface area contributed by atoms with Gasteiger partial charge >= 0.3 is 23.9 Å². The van der Waals surface area contributed by atoms with E-state index >= 15 is 0 Å². The Hall–Kier alpha value is -5.87. The van der Waals surface area contributed by atoms with Crippen LogP contribution in [0.1, 0.15) is 12.8 Å². The molecule has 0 spiro atoms. The number of fused-ring (bicyclic) bond motifs is 1. The number of aromatic nitrogens is 3. The number of nitrogens with one attached hydrogen (secondary N) is 2. The Morgan fingerprint density at radius 2 is 1.66 bits per heavy atom. The number of hydrogen-bond acceptors (Lipinski definition) is 10. The summed E-state index contributed by atoms with van der Waals surface area (Å²) in [6.07, 6.45) is 2.62. The number of carboxylic acids is 2. The van der Waals surface area contributed by atoms with Crippen molar-refractivity contribution in [3.05, 3.63) is 78.3 Å². The number of hydrogen-bond donors (Lipinski definition) is 6. The number of pyridine rings is 1. The van der Waals surface area contributed by atoms with Crippen molar-refractivity contribution in [2.24, 2.45) is 0 Å². The van der Waals surface area contributed by atoms with Crippen LogP contribution in [0.3, 0.4) is 0 Å². The van der Waals surface area contributed by atoms with Crippen LogP contribution in [-0.4, -0.2) is 66.2 Å². The summed E-state index contributed by atoms with van der Waals surface area (Å²) >= 11 is 1.44. The first-order valence-corrected chi connectivity index (χ1v) is 14.8. The monoisotopic (exact) mass is 662 g/mol. The molecule has 0 aliphatic carbocycles. The van der Waals surface area contributed by atoms with Gasteiger partial charge in [-0.05, 0) is 41.3 Å². The van der Waals surface area contributed by atoms with Gasteiger partial charge in [-0.25, -0.2) is 19.0 Å². The van der Waals surface area contributed by atoms with Crippen molar-refractivity contribution in [3.8, 4) is 22.3 Å². The minimum Gasteiger partial charge on any atom is -0.481 e. The zero-order chi connectivity index (χ0) is 33.7. The molecule has 0 unspecified atom stereocenters. The quantitative estimate of drug-likeness (QED) is 0.103. The van der Waals surface area contributed by atoms with Crippen LogP contribution in [0.25, 0.3) is 32.3 Å². The zero-order valence-corrected chi connectivity index (χ0v) is 25.2. The molecule has 3 heterocycles. The number of halogens is 1. The largest absolute Gasteiger partial charge is 0.481 e. The van der Waals surface area contributed by atoms with Crippen LogP contribution in [0.2, 0.25) is 0 Å². The second-order valence-corrected chi connectivity index (χ2v) is 11.3. The summed E-state index contributed by atoms with van der Waals surface area (Å²) < 4.78 is 20.7. The predicted octanol–water partition coefficient (Wildman–Crippen LogP) is 4.42. The number of carbonyl (C=O) groups excluding carboxylic acids is 2. The van der Waals surface area contributed by atoms with Gasteiger partial charge in [0.1, 0.15) is 18.2 Å². The van der Waals surface area contributed by atoms with E-state index in [1.165, 1.54) is 34.2 Å². The molecule has 242 valence electrons. The standard InChI is InChI=1S/C31H27FN6O8S/c32-19-2-1-3-21(10-19)37-30(44)36-20-6-4-17(5-7-20)23-16-47-27-22(14-34-28(33)26(23)27)18-13-35-38(15-18)8-9-46-29(43)31(45,11-24(39)40)12-25(41)42/h1-7,10,13-16,45H,8-9,11-12H2,(H2,33,34)(H,39,40)(H,41,42)(H2,36,37,44). The van der Waals surface area contributed by atoms with Crippen molar-refractivity contribution in [1.82, 2.24) is 14.8 Å². The summed E-state index contributed by atoms with van der Waals surface area (Å²) in [6, 6.07) is 12.1. The van der Waals surface area contributed by atoms with Gasteiger partial charge in [0, 0.05) is 50.5 Å². The Kier molecular flexibility index (Phi) is 9.43. The Morgan fingerprint density at radius 1 is 0.957 bits per heavy atom. The van der Waals surface area contributed by atoms with Crippen LogP contribution in [0.5, 0.6) is 0 Å². The molecule has 2 amide bonds. The summed E-state index contributed by atoms with van der Waals surface area (Å²) in [5.41, 5.74) is 7.48. The fraction of sp³-hybridized carbons (Fsp3) is 0.161. The smallest absolute Gasteiger partial charge is 0.339 e. The number of amides is 2. The summed E-state index contributed by atoms with van der Waals surface area (Å²) in [6.45, 7) is -0.277. The molecule has 0 atom stereocenters. The second kappa shape index (κ2) is 13.6. The lowest BCUT2D eigenvalue weighted by atomic mass is 9.96. The molecule has 0 aliphatic rings. The molecule has 2 aromatic carbocycles. The Bertz CT molecular complexity index is 1960. The lowest BCUT2D eigenvalue weighted by Gasteiger charge is -2.22. The predicted molar refractivity (Wildman–Crippen MR) is 170 cm³/mol. The number of esters is 1. The van der Waals surface area contributed by atoms with E-state index in [1.807, 2.05) is 17.5 Å². The molecule has 16 heteroatoms. The van der Waals surface area contributed by atoms with Gasteiger partial charge in [0.2, 0.25) is 0 Å². The van der Waals surface area contributed by atoms with Gasteiger partial charge in [-0.15, -0.1) is 11.3 Å². The van der Waals surface area contributed by atoms with E-state index in [9.17, 15) is 28.7 Å². The van der Waals surface area contributed by atoms with E-state index < -0.39 is 48.2 Å². The number of ether oxygens (including phenoxy) is 1. The molecule has 5 aromatic rings. The van der Waals surface area contributed by atoms with Crippen LogP contribution in [0, 0.1) is 5.82 Å². The minimum atomic E-state index is -2.71. The Labute approximate surface area is 269 Å². The molecule has 14 nitrogen and oxygen atoms in total. The van der Waals surface area contributed by atoms with Crippen molar-refractivity contribution in [1.29, 1.82) is 0 Å². The maximum Gasteiger partial charge on any atom is 0.339 e. The van der Waals surface area contributed by atoms with E-state index in [4.69, 9.17) is 20.7 Å². The highest BCUT2D eigenvalue weighted by Gasteiger charge is 2.42. The average molecular weight is 663 g/mol. The molecular formula is C31H27FN6O8S. The number of aliphatic hydroxyl groups is 1. The SMILES string of the molecule is Nc1ncc(-c2cnn(CCOC(=O)C(O)(CC(=O)O)CC(=O)O)c2)c2scc(-c3ccc(NC(=O)Nc4cccc(F)c4)cc3)c12. The molecule has 47 heavy (non-hydrogen) atoms. The lowest BCUT2D eigenvalue weighted by Crippen LogP contribution is -2.44. The number of nitrogens with zero attached hydrogens (tertiary/aromatic N) is 3. The highest BCUT2D eigenvalue weighted by Crippen LogP contribution is 2.41. The molecule has 5 rings (SSSR count). The topological polar surface area (TPSA) is 219 Å². The van der Waals surface area contributed by atoms with Gasteiger partial charge in [0.25, 0.3) is 0 Å². The number of thiophene rings is 1. The van der Waals surface area contributed by atoms with E-state index in [0.717, 1.165) is 26.8 Å². The molecule has 0 saturated carbocycles. The van der Waals surface area contributed by atoms with Gasteiger partial charge < -0.3 is 36.4 Å². The first-order chi connectivity index (χ1) is 22.4. The first kappa shape index (κ1) is 32.5.